The SMILES string of the molecule is Cc1cccc(Nc2ccc(=O)[nH]n2)n1. The number of aromatic nitrogens is 3. The van der Waals surface area contributed by atoms with Crippen molar-refractivity contribution in [1.29, 1.82) is 0 Å². The minimum absolute atomic E-state index is 0.224. The molecule has 0 fully saturated rings. The summed E-state index contributed by atoms with van der Waals surface area (Å²) in [6.07, 6.45) is 0. The van der Waals surface area contributed by atoms with Crippen LogP contribution < -0.4 is 10.9 Å². The summed E-state index contributed by atoms with van der Waals surface area (Å²) in [5, 5.41) is 9.13. The average Bonchev–Trinajstić information content (AvgIpc) is 2.22. The van der Waals surface area contributed by atoms with Gasteiger partial charge in [-0.15, -0.1) is 0 Å². The Kier molecular flexibility index (Phi) is 2.45. The van der Waals surface area contributed by atoms with Crippen LogP contribution in [0.4, 0.5) is 11.6 Å². The molecule has 2 rings (SSSR count). The molecule has 2 aromatic rings. The number of hydrogen-bond donors (Lipinski definition) is 2. The quantitative estimate of drug-likeness (QED) is 0.768. The van der Waals surface area contributed by atoms with Crippen LogP contribution in [0, 0.1) is 6.92 Å². The third-order valence-electron chi connectivity index (χ3n) is 1.82. The Bertz CT molecular complexity index is 500. The third-order valence-corrected chi connectivity index (χ3v) is 1.82. The fourth-order valence-electron chi connectivity index (χ4n) is 1.16. The van der Waals surface area contributed by atoms with Crippen LogP contribution in [-0.2, 0) is 0 Å². The molecule has 2 heterocycles. The largest absolute Gasteiger partial charge is 0.324 e. The van der Waals surface area contributed by atoms with Gasteiger partial charge in [-0.05, 0) is 25.1 Å². The maximum Gasteiger partial charge on any atom is 0.264 e. The monoisotopic (exact) mass is 202 g/mol. The number of nitrogens with zero attached hydrogens (tertiary/aromatic N) is 2. The van der Waals surface area contributed by atoms with E-state index < -0.39 is 0 Å². The smallest absolute Gasteiger partial charge is 0.264 e. The van der Waals surface area contributed by atoms with Crippen molar-refractivity contribution in [2.45, 2.75) is 6.92 Å². The Labute approximate surface area is 86.2 Å². The lowest BCUT2D eigenvalue weighted by Gasteiger charge is -2.03. The number of hydrogen-bond acceptors (Lipinski definition) is 4. The number of nitrogens with one attached hydrogen (secondary N) is 2. The van der Waals surface area contributed by atoms with Crippen molar-refractivity contribution >= 4 is 11.6 Å². The number of anilines is 2. The second-order valence-corrected chi connectivity index (χ2v) is 3.10. The highest BCUT2D eigenvalue weighted by atomic mass is 16.1. The normalized spacial score (nSPS) is 9.93. The minimum Gasteiger partial charge on any atom is -0.324 e. The molecule has 15 heavy (non-hydrogen) atoms. The van der Waals surface area contributed by atoms with E-state index in [9.17, 15) is 4.79 Å². The van der Waals surface area contributed by atoms with E-state index in [0.717, 1.165) is 5.69 Å². The molecule has 0 unspecified atom stereocenters. The minimum atomic E-state index is -0.224. The Balaban J connectivity index is 2.22. The molecule has 0 spiro atoms. The predicted octanol–water partition coefficient (Wildman–Crippen LogP) is 1.22. The molecule has 0 aliphatic carbocycles. The standard InChI is InChI=1S/C10H10N4O/c1-7-3-2-4-8(11-7)12-9-5-6-10(15)14-13-9/h2-6H,1H3,(H,14,15)(H,11,12,13). The Morgan fingerprint density at radius 3 is 2.73 bits per heavy atom. The first-order valence-corrected chi connectivity index (χ1v) is 4.50. The maximum absolute atomic E-state index is 10.8. The van der Waals surface area contributed by atoms with Gasteiger partial charge in [0.25, 0.3) is 5.56 Å². The summed E-state index contributed by atoms with van der Waals surface area (Å²) in [5.41, 5.74) is 0.696. The number of pyridine rings is 1. The molecule has 2 aromatic heterocycles. The second-order valence-electron chi connectivity index (χ2n) is 3.10. The van der Waals surface area contributed by atoms with Crippen LogP contribution in [0.2, 0.25) is 0 Å². The molecular formula is C10H10N4O. The van der Waals surface area contributed by atoms with Gasteiger partial charge in [-0.1, -0.05) is 6.07 Å². The highest BCUT2D eigenvalue weighted by Gasteiger charge is 1.96. The zero-order valence-electron chi connectivity index (χ0n) is 8.19. The van der Waals surface area contributed by atoms with Gasteiger partial charge in [-0.25, -0.2) is 10.1 Å². The summed E-state index contributed by atoms with van der Waals surface area (Å²) in [5.74, 6) is 1.27. The van der Waals surface area contributed by atoms with Crippen molar-refractivity contribution in [2.24, 2.45) is 0 Å². The molecule has 0 atom stereocenters. The van der Waals surface area contributed by atoms with E-state index in [1.807, 2.05) is 25.1 Å². The Morgan fingerprint density at radius 1 is 1.20 bits per heavy atom. The van der Waals surface area contributed by atoms with E-state index in [0.29, 0.717) is 11.6 Å². The fraction of sp³-hybridized carbons (Fsp3) is 0.100. The van der Waals surface area contributed by atoms with Crippen molar-refractivity contribution in [1.82, 2.24) is 15.2 Å². The molecule has 0 aromatic carbocycles. The van der Waals surface area contributed by atoms with Crippen molar-refractivity contribution < 1.29 is 0 Å². The van der Waals surface area contributed by atoms with Gasteiger partial charge in [0.15, 0.2) is 5.82 Å². The van der Waals surface area contributed by atoms with E-state index in [-0.39, 0.29) is 5.56 Å². The van der Waals surface area contributed by atoms with E-state index >= 15 is 0 Å². The van der Waals surface area contributed by atoms with Gasteiger partial charge in [0.1, 0.15) is 5.82 Å². The van der Waals surface area contributed by atoms with Gasteiger partial charge in [0.2, 0.25) is 0 Å². The van der Waals surface area contributed by atoms with E-state index in [2.05, 4.69) is 20.5 Å². The van der Waals surface area contributed by atoms with Crippen molar-refractivity contribution in [3.05, 3.63) is 46.4 Å². The van der Waals surface area contributed by atoms with Crippen molar-refractivity contribution in [3.8, 4) is 0 Å². The van der Waals surface area contributed by atoms with Crippen LogP contribution in [0.1, 0.15) is 5.69 Å². The zero-order valence-corrected chi connectivity index (χ0v) is 8.19. The highest BCUT2D eigenvalue weighted by molar-refractivity contribution is 5.50. The van der Waals surface area contributed by atoms with E-state index in [4.69, 9.17) is 0 Å². The van der Waals surface area contributed by atoms with Crippen molar-refractivity contribution in [3.63, 3.8) is 0 Å². The van der Waals surface area contributed by atoms with Crippen LogP contribution in [0.3, 0.4) is 0 Å². The molecule has 76 valence electrons. The first-order valence-electron chi connectivity index (χ1n) is 4.50. The summed E-state index contributed by atoms with van der Waals surface area (Å²) in [6.45, 7) is 1.91. The predicted molar refractivity (Wildman–Crippen MR) is 57.1 cm³/mol. The average molecular weight is 202 g/mol. The first-order chi connectivity index (χ1) is 7.24. The van der Waals surface area contributed by atoms with Crippen LogP contribution in [0.5, 0.6) is 0 Å². The summed E-state index contributed by atoms with van der Waals surface area (Å²) < 4.78 is 0. The molecule has 0 saturated carbocycles. The third kappa shape index (κ3) is 2.40. The van der Waals surface area contributed by atoms with Gasteiger partial charge < -0.3 is 5.32 Å². The summed E-state index contributed by atoms with van der Waals surface area (Å²) in [7, 11) is 0. The summed E-state index contributed by atoms with van der Waals surface area (Å²) >= 11 is 0. The van der Waals surface area contributed by atoms with Gasteiger partial charge in [0, 0.05) is 11.8 Å². The van der Waals surface area contributed by atoms with Crippen LogP contribution in [-0.4, -0.2) is 15.2 Å². The van der Waals surface area contributed by atoms with E-state index in [1.165, 1.54) is 6.07 Å². The molecule has 0 saturated heterocycles. The van der Waals surface area contributed by atoms with Crippen LogP contribution in [0.25, 0.3) is 0 Å². The summed E-state index contributed by atoms with van der Waals surface area (Å²) in [4.78, 5) is 15.0. The van der Waals surface area contributed by atoms with Crippen molar-refractivity contribution in [2.75, 3.05) is 5.32 Å². The number of rotatable bonds is 2. The van der Waals surface area contributed by atoms with Gasteiger partial charge >= 0.3 is 0 Å². The van der Waals surface area contributed by atoms with Crippen LogP contribution in [0.15, 0.2) is 35.1 Å². The van der Waals surface area contributed by atoms with Crippen LogP contribution >= 0.6 is 0 Å². The van der Waals surface area contributed by atoms with Gasteiger partial charge in [-0.2, -0.15) is 5.10 Å². The topological polar surface area (TPSA) is 70.7 Å². The maximum atomic E-state index is 10.8. The molecule has 2 N–H and O–H groups in total. The lowest BCUT2D eigenvalue weighted by atomic mass is 10.4. The lowest BCUT2D eigenvalue weighted by Crippen LogP contribution is -2.07. The fourth-order valence-corrected chi connectivity index (χ4v) is 1.16. The Hall–Kier alpha value is -2.17. The molecule has 5 nitrogen and oxygen atoms in total. The van der Waals surface area contributed by atoms with E-state index in [1.54, 1.807) is 6.07 Å². The molecule has 0 aliphatic rings. The van der Waals surface area contributed by atoms with Gasteiger partial charge in [-0.3, -0.25) is 4.79 Å². The molecule has 5 heteroatoms. The number of aromatic amines is 1. The first kappa shape index (κ1) is 9.39. The summed E-state index contributed by atoms with van der Waals surface area (Å²) in [6, 6.07) is 8.65. The zero-order chi connectivity index (χ0) is 10.7. The molecular weight excluding hydrogens is 192 g/mol. The Morgan fingerprint density at radius 2 is 2.07 bits per heavy atom. The number of H-pyrrole nitrogens is 1. The lowest BCUT2D eigenvalue weighted by molar-refractivity contribution is 0.991. The molecule has 0 aliphatic heterocycles. The second kappa shape index (κ2) is 3.91. The highest BCUT2D eigenvalue weighted by Crippen LogP contribution is 2.09. The molecule has 0 bridgehead atoms. The van der Waals surface area contributed by atoms with Gasteiger partial charge in [0.05, 0.1) is 0 Å². The molecule has 0 radical (unpaired) electrons. The molecule has 0 amide bonds. The number of aryl methyl sites for hydroxylation is 1.